The largest absolute Gasteiger partial charge is 0.372 e. The second-order valence-electron chi connectivity index (χ2n) is 11.7. The number of amides is 1. The van der Waals surface area contributed by atoms with Gasteiger partial charge in [0, 0.05) is 53.1 Å². The molecule has 194 valence electrons. The summed E-state index contributed by atoms with van der Waals surface area (Å²) >= 11 is 1.87. The number of likely N-dealkylation sites (tertiary alicyclic amines) is 1. The summed E-state index contributed by atoms with van der Waals surface area (Å²) in [6, 6.07) is 2.73. The lowest BCUT2D eigenvalue weighted by Gasteiger charge is -2.46. The molecule has 0 unspecified atom stereocenters. The van der Waals surface area contributed by atoms with Gasteiger partial charge in [0.15, 0.2) is 0 Å². The van der Waals surface area contributed by atoms with E-state index < -0.39 is 0 Å². The topological polar surface area (TPSA) is 65.6 Å². The van der Waals surface area contributed by atoms with E-state index in [0.29, 0.717) is 30.9 Å². The lowest BCUT2D eigenvalue weighted by Crippen LogP contribution is -2.57. The van der Waals surface area contributed by atoms with Crippen molar-refractivity contribution in [1.82, 2.24) is 14.8 Å². The normalized spacial score (nSPS) is 25.2. The number of fused-ring (bicyclic) bond motifs is 1. The Bertz CT molecular complexity index is 1200. The van der Waals surface area contributed by atoms with Gasteiger partial charge in [-0.05, 0) is 88.8 Å². The zero-order valence-electron chi connectivity index (χ0n) is 21.9. The number of pyridine rings is 1. The molecule has 4 heterocycles. The molecule has 1 saturated heterocycles. The summed E-state index contributed by atoms with van der Waals surface area (Å²) in [6.45, 7) is 9.33. The quantitative estimate of drug-likeness (QED) is 0.596. The molecule has 0 aromatic carbocycles. The fraction of sp³-hybridized carbons (Fsp3) is 0.655. The van der Waals surface area contributed by atoms with E-state index in [4.69, 9.17) is 4.74 Å². The van der Waals surface area contributed by atoms with Gasteiger partial charge in [-0.25, -0.2) is 0 Å². The van der Waals surface area contributed by atoms with Crippen LogP contribution in [-0.2, 0) is 24.1 Å². The fourth-order valence-corrected chi connectivity index (χ4v) is 7.91. The lowest BCUT2D eigenvalue weighted by atomic mass is 9.81. The van der Waals surface area contributed by atoms with Crippen LogP contribution in [0.4, 0.5) is 0 Å². The lowest BCUT2D eigenvalue weighted by molar-refractivity contribution is -0.0856. The van der Waals surface area contributed by atoms with Crippen LogP contribution < -0.4 is 5.56 Å². The van der Waals surface area contributed by atoms with Crippen LogP contribution in [0.25, 0.3) is 0 Å². The summed E-state index contributed by atoms with van der Waals surface area (Å²) in [5, 5.41) is 0. The molecule has 0 spiro atoms. The molecule has 0 bridgehead atoms. The zero-order valence-corrected chi connectivity index (χ0v) is 22.7. The van der Waals surface area contributed by atoms with E-state index in [1.165, 1.54) is 53.8 Å². The Morgan fingerprint density at radius 3 is 2.47 bits per heavy atom. The van der Waals surface area contributed by atoms with E-state index in [9.17, 15) is 9.59 Å². The third-order valence-corrected chi connectivity index (χ3v) is 10.2. The Morgan fingerprint density at radius 1 is 1.03 bits per heavy atom. The highest BCUT2D eigenvalue weighted by Gasteiger charge is 2.38. The molecule has 6 nitrogen and oxygen atoms in total. The Hall–Kier alpha value is -1.96. The summed E-state index contributed by atoms with van der Waals surface area (Å²) < 4.78 is 6.05. The molecule has 36 heavy (non-hydrogen) atoms. The van der Waals surface area contributed by atoms with Crippen LogP contribution >= 0.6 is 11.3 Å². The summed E-state index contributed by atoms with van der Waals surface area (Å²) in [4.78, 5) is 36.1. The smallest absolute Gasteiger partial charge is 0.255 e. The van der Waals surface area contributed by atoms with E-state index in [1.807, 2.05) is 36.2 Å². The van der Waals surface area contributed by atoms with Crippen LogP contribution in [-0.4, -0.2) is 58.6 Å². The number of nitrogens with one attached hydrogen (secondary N) is 1. The molecule has 7 heteroatoms. The standard InChI is InChI=1S/C29H39N3O3S/c1-17-12-18(2)30-28(33)24(17)16-31-11-10-25-27(29(31)34)19(3)26(36-25)13-20-4-6-21(7-5-20)32-14-23(15-32)35-22-8-9-22/h12,20-23H,4-11,13-16H2,1-3H3,(H,30,33). The fourth-order valence-electron chi connectivity index (χ4n) is 6.50. The Morgan fingerprint density at radius 2 is 1.78 bits per heavy atom. The third-order valence-electron chi connectivity index (χ3n) is 8.86. The molecule has 6 rings (SSSR count). The van der Waals surface area contributed by atoms with E-state index in [-0.39, 0.29) is 11.5 Å². The van der Waals surface area contributed by atoms with Gasteiger partial charge in [0.1, 0.15) is 0 Å². The number of thiophene rings is 1. The van der Waals surface area contributed by atoms with E-state index in [0.717, 1.165) is 54.7 Å². The van der Waals surface area contributed by atoms with E-state index in [1.54, 1.807) is 0 Å². The van der Waals surface area contributed by atoms with Crippen molar-refractivity contribution in [3.63, 3.8) is 0 Å². The van der Waals surface area contributed by atoms with Gasteiger partial charge in [0.05, 0.1) is 24.3 Å². The predicted octanol–water partition coefficient (Wildman–Crippen LogP) is 4.52. The number of aryl methyl sites for hydroxylation is 2. The molecule has 2 aromatic rings. The maximum Gasteiger partial charge on any atom is 0.255 e. The van der Waals surface area contributed by atoms with Gasteiger partial charge in [-0.15, -0.1) is 11.3 Å². The van der Waals surface area contributed by atoms with Gasteiger partial charge in [-0.1, -0.05) is 0 Å². The molecule has 3 fully saturated rings. The van der Waals surface area contributed by atoms with Crippen LogP contribution in [0, 0.1) is 26.7 Å². The summed E-state index contributed by atoms with van der Waals surface area (Å²) in [5.41, 5.74) is 4.54. The molecule has 2 aliphatic heterocycles. The number of hydrogen-bond acceptors (Lipinski definition) is 5. The minimum Gasteiger partial charge on any atom is -0.372 e. The van der Waals surface area contributed by atoms with Crippen molar-refractivity contribution in [2.24, 2.45) is 5.92 Å². The summed E-state index contributed by atoms with van der Waals surface area (Å²) in [6.07, 6.45) is 10.7. The Labute approximate surface area is 218 Å². The maximum atomic E-state index is 13.5. The number of H-pyrrole nitrogens is 1. The van der Waals surface area contributed by atoms with E-state index >= 15 is 0 Å². The van der Waals surface area contributed by atoms with Crippen LogP contribution in [0.5, 0.6) is 0 Å². The second-order valence-corrected chi connectivity index (χ2v) is 12.8. The Kier molecular flexibility index (Phi) is 6.59. The van der Waals surface area contributed by atoms with Crippen molar-refractivity contribution in [3.8, 4) is 0 Å². The molecule has 0 atom stereocenters. The first-order valence-corrected chi connectivity index (χ1v) is 14.7. The average molecular weight is 510 g/mol. The van der Waals surface area contributed by atoms with Crippen LogP contribution in [0.3, 0.4) is 0 Å². The predicted molar refractivity (Wildman–Crippen MR) is 143 cm³/mol. The van der Waals surface area contributed by atoms with Crippen LogP contribution in [0.15, 0.2) is 10.9 Å². The second kappa shape index (κ2) is 9.73. The number of hydrogen-bond donors (Lipinski definition) is 1. The number of carbonyl (C=O) groups is 1. The molecule has 2 aliphatic carbocycles. The average Bonchev–Trinajstić information content (AvgIpc) is 3.58. The molecule has 1 amide bonds. The van der Waals surface area contributed by atoms with Crippen molar-refractivity contribution in [2.45, 2.75) is 96.9 Å². The van der Waals surface area contributed by atoms with Gasteiger partial charge >= 0.3 is 0 Å². The first kappa shape index (κ1) is 24.4. The van der Waals surface area contributed by atoms with Crippen molar-refractivity contribution in [2.75, 3.05) is 19.6 Å². The van der Waals surface area contributed by atoms with Crippen molar-refractivity contribution < 1.29 is 9.53 Å². The minimum absolute atomic E-state index is 0.0754. The summed E-state index contributed by atoms with van der Waals surface area (Å²) in [5.74, 6) is 0.819. The minimum atomic E-state index is -0.0754. The first-order chi connectivity index (χ1) is 17.4. The van der Waals surface area contributed by atoms with Crippen LogP contribution in [0.2, 0.25) is 0 Å². The molecule has 1 N–H and O–H groups in total. The number of aromatic nitrogens is 1. The molecule has 2 saturated carbocycles. The molecular weight excluding hydrogens is 470 g/mol. The van der Waals surface area contributed by atoms with E-state index in [2.05, 4.69) is 16.8 Å². The highest BCUT2D eigenvalue weighted by molar-refractivity contribution is 7.12. The number of rotatable bonds is 7. The van der Waals surface area contributed by atoms with Gasteiger partial charge in [0.2, 0.25) is 0 Å². The van der Waals surface area contributed by atoms with Gasteiger partial charge < -0.3 is 14.6 Å². The SMILES string of the molecule is Cc1cc(C)c(CN2CCc3sc(CC4CCC(N5CC(OC6CC6)C5)CC4)c(C)c3C2=O)c(=O)[nH]1. The highest BCUT2D eigenvalue weighted by Crippen LogP contribution is 2.38. The molecular formula is C29H39N3O3S. The number of aromatic amines is 1. The third kappa shape index (κ3) is 4.82. The zero-order chi connectivity index (χ0) is 25.0. The van der Waals surface area contributed by atoms with Crippen molar-refractivity contribution in [1.29, 1.82) is 0 Å². The van der Waals surface area contributed by atoms with Gasteiger partial charge in [0.25, 0.3) is 11.5 Å². The molecule has 4 aliphatic rings. The van der Waals surface area contributed by atoms with Crippen molar-refractivity contribution >= 4 is 17.2 Å². The van der Waals surface area contributed by atoms with Crippen LogP contribution in [0.1, 0.15) is 81.0 Å². The molecule has 0 radical (unpaired) electrons. The Balaban J connectivity index is 1.06. The van der Waals surface area contributed by atoms with Crippen molar-refractivity contribution in [3.05, 3.63) is 54.1 Å². The monoisotopic (exact) mass is 509 g/mol. The first-order valence-electron chi connectivity index (χ1n) is 13.8. The maximum absolute atomic E-state index is 13.5. The summed E-state index contributed by atoms with van der Waals surface area (Å²) in [7, 11) is 0. The number of nitrogens with zero attached hydrogens (tertiary/aromatic N) is 2. The number of ether oxygens (including phenoxy) is 1. The number of carbonyl (C=O) groups excluding carboxylic acids is 1. The molecule has 2 aromatic heterocycles. The highest BCUT2D eigenvalue weighted by atomic mass is 32.1. The van der Waals surface area contributed by atoms with Gasteiger partial charge in [-0.2, -0.15) is 0 Å². The van der Waals surface area contributed by atoms with Gasteiger partial charge in [-0.3, -0.25) is 14.5 Å².